The van der Waals surface area contributed by atoms with Gasteiger partial charge in [-0.05, 0) is 31.0 Å². The number of benzene rings is 1. The lowest BCUT2D eigenvalue weighted by Gasteiger charge is -2.35. The zero-order valence-corrected chi connectivity index (χ0v) is 15.4. The summed E-state index contributed by atoms with van der Waals surface area (Å²) >= 11 is 5.97. The van der Waals surface area contributed by atoms with Crippen LogP contribution in [0.15, 0.2) is 24.3 Å². The molecule has 3 rings (SSSR count). The fraction of sp³-hybridized carbons (Fsp3) is 0.579. The molecular formula is C19H26ClN3O2. The van der Waals surface area contributed by atoms with Crippen molar-refractivity contribution in [3.05, 3.63) is 34.9 Å². The Bertz CT molecular complexity index is 606. The molecule has 2 saturated heterocycles. The van der Waals surface area contributed by atoms with Crippen molar-refractivity contribution in [1.29, 1.82) is 0 Å². The van der Waals surface area contributed by atoms with Gasteiger partial charge in [-0.3, -0.25) is 14.5 Å². The molecule has 2 aliphatic heterocycles. The summed E-state index contributed by atoms with van der Waals surface area (Å²) in [4.78, 5) is 31.0. The third-order valence-corrected chi connectivity index (χ3v) is 5.28. The second-order valence-electron chi connectivity index (χ2n) is 6.87. The Morgan fingerprint density at radius 2 is 1.56 bits per heavy atom. The highest BCUT2D eigenvalue weighted by atomic mass is 35.5. The maximum atomic E-state index is 12.5. The van der Waals surface area contributed by atoms with Gasteiger partial charge in [0.05, 0.1) is 6.54 Å². The molecule has 0 unspecified atom stereocenters. The average molecular weight is 364 g/mol. The van der Waals surface area contributed by atoms with Crippen LogP contribution in [0.25, 0.3) is 0 Å². The first-order valence-corrected chi connectivity index (χ1v) is 9.56. The van der Waals surface area contributed by atoms with Gasteiger partial charge >= 0.3 is 0 Å². The molecule has 0 aromatic heterocycles. The van der Waals surface area contributed by atoms with E-state index < -0.39 is 0 Å². The quantitative estimate of drug-likeness (QED) is 0.828. The SMILES string of the molecule is O=C(CN1CCN(C(=O)c2cccc(Cl)c2)CC1)N1CCCCCC1. The Hall–Kier alpha value is -1.59. The highest BCUT2D eigenvalue weighted by molar-refractivity contribution is 6.30. The zero-order valence-electron chi connectivity index (χ0n) is 14.6. The van der Waals surface area contributed by atoms with Gasteiger partial charge in [0.25, 0.3) is 5.91 Å². The molecule has 1 aromatic carbocycles. The van der Waals surface area contributed by atoms with Crippen molar-refractivity contribution in [3.63, 3.8) is 0 Å². The summed E-state index contributed by atoms with van der Waals surface area (Å²) in [6, 6.07) is 7.07. The first-order chi connectivity index (χ1) is 12.1. The van der Waals surface area contributed by atoms with Crippen LogP contribution in [0, 0.1) is 0 Å². The van der Waals surface area contributed by atoms with Crippen LogP contribution >= 0.6 is 11.6 Å². The van der Waals surface area contributed by atoms with Gasteiger partial charge in [0.1, 0.15) is 0 Å². The predicted molar refractivity (Wildman–Crippen MR) is 98.8 cm³/mol. The third-order valence-electron chi connectivity index (χ3n) is 5.05. The Labute approximate surface area is 154 Å². The third kappa shape index (κ3) is 4.95. The Kier molecular flexibility index (Phi) is 6.32. The first kappa shape index (κ1) is 18.2. The predicted octanol–water partition coefficient (Wildman–Crippen LogP) is 2.50. The van der Waals surface area contributed by atoms with E-state index in [9.17, 15) is 9.59 Å². The number of piperazine rings is 1. The van der Waals surface area contributed by atoms with Gasteiger partial charge in [-0.1, -0.05) is 30.5 Å². The van der Waals surface area contributed by atoms with Crippen LogP contribution < -0.4 is 0 Å². The van der Waals surface area contributed by atoms with E-state index in [0.717, 1.165) is 39.0 Å². The second-order valence-corrected chi connectivity index (χ2v) is 7.31. The number of rotatable bonds is 3. The molecule has 2 aliphatic rings. The molecular weight excluding hydrogens is 338 g/mol. The topological polar surface area (TPSA) is 43.9 Å². The minimum atomic E-state index is 0.0148. The first-order valence-electron chi connectivity index (χ1n) is 9.18. The van der Waals surface area contributed by atoms with Crippen molar-refractivity contribution in [3.8, 4) is 0 Å². The highest BCUT2D eigenvalue weighted by Gasteiger charge is 2.25. The molecule has 1 aromatic rings. The molecule has 0 bridgehead atoms. The molecule has 2 amide bonds. The van der Waals surface area contributed by atoms with E-state index in [1.165, 1.54) is 12.8 Å². The van der Waals surface area contributed by atoms with Gasteiger partial charge in [-0.25, -0.2) is 0 Å². The van der Waals surface area contributed by atoms with Crippen LogP contribution in [0.4, 0.5) is 0 Å². The van der Waals surface area contributed by atoms with Gasteiger partial charge in [-0.2, -0.15) is 0 Å². The van der Waals surface area contributed by atoms with Crippen LogP contribution in [0.1, 0.15) is 36.0 Å². The standard InChI is InChI=1S/C19H26ClN3O2/c20-17-7-5-6-16(14-17)19(25)23-12-10-21(11-13-23)15-18(24)22-8-3-1-2-4-9-22/h5-7,14H,1-4,8-13,15H2. The zero-order chi connectivity index (χ0) is 17.6. The van der Waals surface area contributed by atoms with E-state index in [2.05, 4.69) is 4.90 Å². The van der Waals surface area contributed by atoms with Crippen LogP contribution in [-0.2, 0) is 4.79 Å². The van der Waals surface area contributed by atoms with Gasteiger partial charge < -0.3 is 9.80 Å². The Morgan fingerprint density at radius 3 is 2.20 bits per heavy atom. The molecule has 0 radical (unpaired) electrons. The van der Waals surface area contributed by atoms with Crippen molar-refractivity contribution in [2.24, 2.45) is 0 Å². The van der Waals surface area contributed by atoms with E-state index in [1.807, 2.05) is 9.80 Å². The van der Waals surface area contributed by atoms with Gasteiger partial charge in [0.2, 0.25) is 5.91 Å². The van der Waals surface area contributed by atoms with Gasteiger partial charge in [0, 0.05) is 49.9 Å². The molecule has 0 N–H and O–H groups in total. The fourth-order valence-corrected chi connectivity index (χ4v) is 3.71. The molecule has 25 heavy (non-hydrogen) atoms. The number of halogens is 1. The maximum Gasteiger partial charge on any atom is 0.253 e. The summed E-state index contributed by atoms with van der Waals surface area (Å²) in [5.41, 5.74) is 0.626. The minimum absolute atomic E-state index is 0.0148. The van der Waals surface area contributed by atoms with Crippen LogP contribution in [-0.4, -0.2) is 72.3 Å². The largest absolute Gasteiger partial charge is 0.342 e. The molecule has 0 aliphatic carbocycles. The minimum Gasteiger partial charge on any atom is -0.342 e. The lowest BCUT2D eigenvalue weighted by Crippen LogP contribution is -2.51. The molecule has 136 valence electrons. The lowest BCUT2D eigenvalue weighted by atomic mass is 10.2. The summed E-state index contributed by atoms with van der Waals surface area (Å²) in [5, 5.41) is 0.576. The van der Waals surface area contributed by atoms with Gasteiger partial charge in [0.15, 0.2) is 0 Å². The van der Waals surface area contributed by atoms with E-state index in [-0.39, 0.29) is 11.8 Å². The summed E-state index contributed by atoms with van der Waals surface area (Å²) in [6.07, 6.45) is 4.70. The van der Waals surface area contributed by atoms with Crippen molar-refractivity contribution < 1.29 is 9.59 Å². The van der Waals surface area contributed by atoms with E-state index >= 15 is 0 Å². The van der Waals surface area contributed by atoms with Gasteiger partial charge in [-0.15, -0.1) is 0 Å². The smallest absolute Gasteiger partial charge is 0.253 e. The van der Waals surface area contributed by atoms with Crippen molar-refractivity contribution in [2.45, 2.75) is 25.7 Å². The van der Waals surface area contributed by atoms with Crippen molar-refractivity contribution >= 4 is 23.4 Å². The summed E-state index contributed by atoms with van der Waals surface area (Å²) in [6.45, 7) is 5.05. The number of hydrogen-bond acceptors (Lipinski definition) is 3. The van der Waals surface area contributed by atoms with E-state index in [0.29, 0.717) is 30.2 Å². The number of carbonyl (C=O) groups is 2. The maximum absolute atomic E-state index is 12.5. The van der Waals surface area contributed by atoms with Crippen molar-refractivity contribution in [1.82, 2.24) is 14.7 Å². The molecule has 0 spiro atoms. The molecule has 0 atom stereocenters. The van der Waals surface area contributed by atoms with Crippen molar-refractivity contribution in [2.75, 3.05) is 45.8 Å². The number of likely N-dealkylation sites (tertiary alicyclic amines) is 1. The van der Waals surface area contributed by atoms with Crippen LogP contribution in [0.3, 0.4) is 0 Å². The van der Waals surface area contributed by atoms with Crippen LogP contribution in [0.5, 0.6) is 0 Å². The Balaban J connectivity index is 1.48. The molecule has 0 saturated carbocycles. The van der Waals surface area contributed by atoms with E-state index in [4.69, 9.17) is 11.6 Å². The molecule has 6 heteroatoms. The van der Waals surface area contributed by atoms with E-state index in [1.54, 1.807) is 24.3 Å². The molecule has 5 nitrogen and oxygen atoms in total. The monoisotopic (exact) mass is 363 g/mol. The Morgan fingerprint density at radius 1 is 0.880 bits per heavy atom. The summed E-state index contributed by atoms with van der Waals surface area (Å²) in [7, 11) is 0. The summed E-state index contributed by atoms with van der Waals surface area (Å²) < 4.78 is 0. The number of nitrogens with zero attached hydrogens (tertiary/aromatic N) is 3. The van der Waals surface area contributed by atoms with Crippen LogP contribution in [0.2, 0.25) is 5.02 Å². The number of hydrogen-bond donors (Lipinski definition) is 0. The molecule has 2 heterocycles. The lowest BCUT2D eigenvalue weighted by molar-refractivity contribution is -0.132. The second kappa shape index (κ2) is 8.68. The normalized spacial score (nSPS) is 19.6. The fourth-order valence-electron chi connectivity index (χ4n) is 3.52. The number of amides is 2. The summed E-state index contributed by atoms with van der Waals surface area (Å²) in [5.74, 6) is 0.248. The average Bonchev–Trinajstić information content (AvgIpc) is 2.91. The number of carbonyl (C=O) groups excluding carboxylic acids is 2. The highest BCUT2D eigenvalue weighted by Crippen LogP contribution is 2.15. The molecule has 2 fully saturated rings.